The molecule has 6 nitrogen and oxygen atoms in total. The number of carboxylic acids is 1. The number of carbonyl (C=O) groups is 2. The van der Waals surface area contributed by atoms with Crippen LogP contribution in [0.1, 0.15) is 24.0 Å². The predicted octanol–water partition coefficient (Wildman–Crippen LogP) is 1.15. The van der Waals surface area contributed by atoms with Gasteiger partial charge in [0, 0.05) is 13.6 Å². The Labute approximate surface area is 122 Å². The van der Waals surface area contributed by atoms with Crippen LogP contribution in [0.25, 0.3) is 0 Å². The molecule has 110 valence electrons. The van der Waals surface area contributed by atoms with Gasteiger partial charge < -0.3 is 14.7 Å². The van der Waals surface area contributed by atoms with Gasteiger partial charge in [-0.3, -0.25) is 4.79 Å². The third-order valence-electron chi connectivity index (χ3n) is 3.42. The summed E-state index contributed by atoms with van der Waals surface area (Å²) in [5.41, 5.74) is 1.38. The lowest BCUT2D eigenvalue weighted by molar-refractivity contribution is -0.154. The number of hydrogen-bond donors (Lipinski definition) is 1. The molecule has 1 aliphatic heterocycles. The summed E-state index contributed by atoms with van der Waals surface area (Å²) >= 11 is 0. The molecule has 1 saturated heterocycles. The number of benzene rings is 1. The van der Waals surface area contributed by atoms with Gasteiger partial charge in [-0.1, -0.05) is 12.1 Å². The first-order valence-corrected chi connectivity index (χ1v) is 6.63. The first kappa shape index (κ1) is 15.0. The molecule has 0 spiro atoms. The number of carboxylic acid groups (broad SMARTS) is 1. The van der Waals surface area contributed by atoms with Crippen molar-refractivity contribution in [1.82, 2.24) is 4.90 Å². The summed E-state index contributed by atoms with van der Waals surface area (Å²) in [6, 6.07) is 9.06. The highest BCUT2D eigenvalue weighted by atomic mass is 16.5. The van der Waals surface area contributed by atoms with Crippen LogP contribution in [0.15, 0.2) is 24.3 Å². The first-order chi connectivity index (χ1) is 10.0. The summed E-state index contributed by atoms with van der Waals surface area (Å²) in [5.74, 6) is -1.27. The van der Waals surface area contributed by atoms with E-state index in [2.05, 4.69) is 0 Å². The molecule has 0 saturated carbocycles. The average Bonchev–Trinajstić information content (AvgIpc) is 2.96. The highest BCUT2D eigenvalue weighted by Crippen LogP contribution is 2.22. The molecule has 1 aliphatic rings. The molecule has 0 radical (unpaired) electrons. The molecule has 1 heterocycles. The summed E-state index contributed by atoms with van der Waals surface area (Å²) in [6.45, 7) is 0.353. The van der Waals surface area contributed by atoms with Crippen LogP contribution in [0.2, 0.25) is 0 Å². The Balaban J connectivity index is 1.97. The number of hydrogen-bond acceptors (Lipinski definition) is 4. The number of nitriles is 1. The zero-order valence-corrected chi connectivity index (χ0v) is 11.7. The second-order valence-corrected chi connectivity index (χ2v) is 5.04. The third-order valence-corrected chi connectivity index (χ3v) is 3.42. The molecule has 2 atom stereocenters. The lowest BCUT2D eigenvalue weighted by Crippen LogP contribution is -2.36. The molecular weight excluding hydrogens is 272 g/mol. The third kappa shape index (κ3) is 3.58. The Kier molecular flexibility index (Phi) is 4.55. The number of rotatable bonds is 4. The predicted molar refractivity (Wildman–Crippen MR) is 73.2 cm³/mol. The van der Waals surface area contributed by atoms with E-state index in [1.54, 1.807) is 25.2 Å². The molecule has 0 aromatic heterocycles. The molecule has 0 aliphatic carbocycles. The minimum Gasteiger partial charge on any atom is -0.479 e. The molecule has 2 unspecified atom stereocenters. The number of likely N-dealkylation sites (N-methyl/N-ethyl adjacent to an activating group) is 1. The lowest BCUT2D eigenvalue weighted by Gasteiger charge is -2.21. The molecule has 0 bridgehead atoms. The van der Waals surface area contributed by atoms with Crippen LogP contribution in [0.3, 0.4) is 0 Å². The molecule has 1 amide bonds. The Bertz CT molecular complexity index is 594. The van der Waals surface area contributed by atoms with Crippen molar-refractivity contribution in [3.05, 3.63) is 35.4 Å². The highest BCUT2D eigenvalue weighted by molar-refractivity contribution is 5.82. The number of ether oxygens (including phenoxy) is 1. The summed E-state index contributed by atoms with van der Waals surface area (Å²) < 4.78 is 5.25. The molecule has 6 heteroatoms. The van der Waals surface area contributed by atoms with E-state index in [9.17, 15) is 9.59 Å². The van der Waals surface area contributed by atoms with Crippen LogP contribution in [-0.2, 0) is 20.9 Å². The van der Waals surface area contributed by atoms with E-state index in [0.717, 1.165) is 5.56 Å². The summed E-state index contributed by atoms with van der Waals surface area (Å²) in [6.07, 6.45) is -0.827. The number of carbonyl (C=O) groups excluding carboxylic acids is 1. The van der Waals surface area contributed by atoms with Crippen molar-refractivity contribution in [3.63, 3.8) is 0 Å². The van der Waals surface area contributed by atoms with Crippen LogP contribution in [0.5, 0.6) is 0 Å². The van der Waals surface area contributed by atoms with Crippen molar-refractivity contribution in [3.8, 4) is 6.07 Å². The molecule has 1 aromatic rings. The Morgan fingerprint density at radius 1 is 1.43 bits per heavy atom. The number of aliphatic carboxylic acids is 1. The van der Waals surface area contributed by atoms with Gasteiger partial charge in [0.2, 0.25) is 0 Å². The fraction of sp³-hybridized carbons (Fsp3) is 0.400. The van der Waals surface area contributed by atoms with Gasteiger partial charge in [0.25, 0.3) is 5.91 Å². The highest BCUT2D eigenvalue weighted by Gasteiger charge is 2.35. The van der Waals surface area contributed by atoms with E-state index < -0.39 is 18.2 Å². The van der Waals surface area contributed by atoms with Crippen molar-refractivity contribution < 1.29 is 19.4 Å². The quantitative estimate of drug-likeness (QED) is 0.897. The van der Waals surface area contributed by atoms with E-state index >= 15 is 0 Å². The molecule has 1 N–H and O–H groups in total. The summed E-state index contributed by atoms with van der Waals surface area (Å²) in [7, 11) is 1.64. The summed E-state index contributed by atoms with van der Waals surface area (Å²) in [4.78, 5) is 24.5. The van der Waals surface area contributed by atoms with Gasteiger partial charge in [0.05, 0.1) is 11.6 Å². The topological polar surface area (TPSA) is 90.6 Å². The Morgan fingerprint density at radius 3 is 2.76 bits per heavy atom. The largest absolute Gasteiger partial charge is 0.479 e. The average molecular weight is 288 g/mol. The number of amides is 1. The van der Waals surface area contributed by atoms with Crippen molar-refractivity contribution in [2.24, 2.45) is 0 Å². The first-order valence-electron chi connectivity index (χ1n) is 6.63. The maximum Gasteiger partial charge on any atom is 0.332 e. The Morgan fingerprint density at radius 2 is 2.14 bits per heavy atom. The fourth-order valence-corrected chi connectivity index (χ4v) is 2.34. The van der Waals surface area contributed by atoms with Gasteiger partial charge in [-0.2, -0.15) is 5.26 Å². The van der Waals surface area contributed by atoms with Gasteiger partial charge in [0.15, 0.2) is 6.10 Å². The SMILES string of the molecule is CN(Cc1cccc(C#N)c1)C(=O)C1CCC(C(=O)O)O1. The summed E-state index contributed by atoms with van der Waals surface area (Å²) in [5, 5.41) is 17.7. The zero-order chi connectivity index (χ0) is 15.4. The van der Waals surface area contributed by atoms with E-state index in [1.807, 2.05) is 12.1 Å². The van der Waals surface area contributed by atoms with Gasteiger partial charge in [0.1, 0.15) is 6.10 Å². The van der Waals surface area contributed by atoms with E-state index in [0.29, 0.717) is 24.9 Å². The van der Waals surface area contributed by atoms with Crippen molar-refractivity contribution >= 4 is 11.9 Å². The second kappa shape index (κ2) is 6.37. The number of nitrogens with zero attached hydrogens (tertiary/aromatic N) is 2. The van der Waals surface area contributed by atoms with Crippen LogP contribution in [0, 0.1) is 11.3 Å². The van der Waals surface area contributed by atoms with Gasteiger partial charge in [-0.05, 0) is 30.5 Å². The monoisotopic (exact) mass is 288 g/mol. The van der Waals surface area contributed by atoms with Gasteiger partial charge in [-0.15, -0.1) is 0 Å². The maximum atomic E-state index is 12.2. The molecule has 2 rings (SSSR count). The fourth-order valence-electron chi connectivity index (χ4n) is 2.34. The molecule has 1 fully saturated rings. The van der Waals surface area contributed by atoms with E-state index in [4.69, 9.17) is 15.1 Å². The second-order valence-electron chi connectivity index (χ2n) is 5.04. The maximum absolute atomic E-state index is 12.2. The van der Waals surface area contributed by atoms with E-state index in [-0.39, 0.29) is 5.91 Å². The van der Waals surface area contributed by atoms with Crippen LogP contribution < -0.4 is 0 Å². The molecular formula is C15H16N2O4. The van der Waals surface area contributed by atoms with Crippen LogP contribution in [0.4, 0.5) is 0 Å². The smallest absolute Gasteiger partial charge is 0.332 e. The zero-order valence-electron chi connectivity index (χ0n) is 11.7. The minimum absolute atomic E-state index is 0.235. The molecule has 1 aromatic carbocycles. The van der Waals surface area contributed by atoms with E-state index in [1.165, 1.54) is 4.90 Å². The normalized spacial score (nSPS) is 20.8. The Hall–Kier alpha value is -2.39. The van der Waals surface area contributed by atoms with Crippen molar-refractivity contribution in [1.29, 1.82) is 5.26 Å². The van der Waals surface area contributed by atoms with Gasteiger partial charge >= 0.3 is 5.97 Å². The standard InChI is InChI=1S/C15H16N2O4/c1-17(9-11-4-2-3-10(7-11)8-16)14(18)12-5-6-13(21-12)15(19)20/h2-4,7,12-13H,5-6,9H2,1H3,(H,19,20). The minimum atomic E-state index is -1.03. The van der Waals surface area contributed by atoms with Crippen LogP contribution in [-0.4, -0.2) is 41.1 Å². The molecule has 21 heavy (non-hydrogen) atoms. The lowest BCUT2D eigenvalue weighted by atomic mass is 10.1. The van der Waals surface area contributed by atoms with Crippen LogP contribution >= 0.6 is 0 Å². The van der Waals surface area contributed by atoms with Crippen molar-refractivity contribution in [2.45, 2.75) is 31.6 Å². The van der Waals surface area contributed by atoms with Gasteiger partial charge in [-0.25, -0.2) is 4.79 Å². The van der Waals surface area contributed by atoms with Crippen molar-refractivity contribution in [2.75, 3.05) is 7.05 Å².